The van der Waals surface area contributed by atoms with Crippen molar-refractivity contribution in [2.45, 2.75) is 77.7 Å². The molecule has 1 aromatic carbocycles. The molecule has 0 aliphatic heterocycles. The van der Waals surface area contributed by atoms with Gasteiger partial charge in [0.25, 0.3) is 0 Å². The number of benzene rings is 1. The first kappa shape index (κ1) is 16.5. The summed E-state index contributed by atoms with van der Waals surface area (Å²) < 4.78 is 0. The molecule has 1 unspecified atom stereocenters. The van der Waals surface area contributed by atoms with Crippen LogP contribution in [-0.4, -0.2) is 12.6 Å². The zero-order chi connectivity index (χ0) is 15.3. The molecule has 1 heteroatoms. The Morgan fingerprint density at radius 3 is 2.24 bits per heavy atom. The fourth-order valence-electron chi connectivity index (χ4n) is 4.01. The van der Waals surface area contributed by atoms with Crippen molar-refractivity contribution in [3.8, 4) is 0 Å². The lowest BCUT2D eigenvalue weighted by molar-refractivity contribution is 0.245. The van der Waals surface area contributed by atoms with Gasteiger partial charge >= 0.3 is 0 Å². The van der Waals surface area contributed by atoms with Gasteiger partial charge in [0, 0.05) is 11.5 Å². The van der Waals surface area contributed by atoms with Gasteiger partial charge in [0.1, 0.15) is 0 Å². The molecule has 1 fully saturated rings. The molecule has 2 rings (SSSR count). The van der Waals surface area contributed by atoms with Crippen molar-refractivity contribution in [2.75, 3.05) is 6.54 Å². The number of nitrogens with one attached hydrogen (secondary N) is 1. The van der Waals surface area contributed by atoms with E-state index in [1.807, 2.05) is 0 Å². The Morgan fingerprint density at radius 2 is 1.71 bits per heavy atom. The van der Waals surface area contributed by atoms with Crippen LogP contribution in [-0.2, 0) is 5.41 Å². The number of hydrogen-bond donors (Lipinski definition) is 1. The maximum absolute atomic E-state index is 3.84. The minimum absolute atomic E-state index is 0.364. The van der Waals surface area contributed by atoms with Crippen molar-refractivity contribution in [2.24, 2.45) is 5.41 Å². The Balaban J connectivity index is 2.24. The van der Waals surface area contributed by atoms with Crippen LogP contribution < -0.4 is 5.32 Å². The summed E-state index contributed by atoms with van der Waals surface area (Å²) in [6, 6.07) is 11.9. The van der Waals surface area contributed by atoms with Gasteiger partial charge in [0.05, 0.1) is 0 Å². The fraction of sp³-hybridized carbons (Fsp3) is 0.700. The molecule has 21 heavy (non-hydrogen) atoms. The van der Waals surface area contributed by atoms with Gasteiger partial charge in [-0.25, -0.2) is 0 Å². The highest BCUT2D eigenvalue weighted by atomic mass is 14.9. The molecular formula is C20H33N. The first-order valence-corrected chi connectivity index (χ1v) is 8.77. The van der Waals surface area contributed by atoms with Crippen molar-refractivity contribution in [3.05, 3.63) is 35.9 Å². The Morgan fingerprint density at radius 1 is 1.10 bits per heavy atom. The normalized spacial score (nSPS) is 19.6. The maximum atomic E-state index is 3.84. The molecule has 1 saturated carbocycles. The van der Waals surface area contributed by atoms with Crippen LogP contribution in [0.15, 0.2) is 30.3 Å². The molecule has 1 nitrogen and oxygen atoms in total. The van der Waals surface area contributed by atoms with E-state index in [9.17, 15) is 0 Å². The van der Waals surface area contributed by atoms with Crippen LogP contribution in [0, 0.1) is 5.41 Å². The van der Waals surface area contributed by atoms with Gasteiger partial charge in [-0.3, -0.25) is 0 Å². The van der Waals surface area contributed by atoms with Gasteiger partial charge in [0.15, 0.2) is 0 Å². The van der Waals surface area contributed by atoms with E-state index < -0.39 is 0 Å². The van der Waals surface area contributed by atoms with Crippen LogP contribution >= 0.6 is 0 Å². The van der Waals surface area contributed by atoms with Crippen LogP contribution in [0.25, 0.3) is 0 Å². The molecule has 1 atom stereocenters. The maximum Gasteiger partial charge on any atom is 0.0164 e. The number of rotatable bonds is 6. The van der Waals surface area contributed by atoms with Crippen LogP contribution in [0.5, 0.6) is 0 Å². The van der Waals surface area contributed by atoms with Crippen molar-refractivity contribution in [3.63, 3.8) is 0 Å². The molecule has 0 aromatic heterocycles. The lowest BCUT2D eigenvalue weighted by atomic mass is 9.70. The van der Waals surface area contributed by atoms with Crippen molar-refractivity contribution in [1.82, 2.24) is 5.32 Å². The van der Waals surface area contributed by atoms with Crippen LogP contribution in [0.3, 0.4) is 0 Å². The molecule has 0 amide bonds. The third-order valence-corrected chi connectivity index (χ3v) is 5.15. The molecule has 1 aliphatic carbocycles. The minimum Gasteiger partial charge on any atom is -0.313 e. The molecule has 1 N–H and O–H groups in total. The number of hydrogen-bond acceptors (Lipinski definition) is 1. The summed E-state index contributed by atoms with van der Waals surface area (Å²) in [6.45, 7) is 10.4. The van der Waals surface area contributed by atoms with Gasteiger partial charge in [0.2, 0.25) is 0 Å². The molecule has 0 saturated heterocycles. The lowest BCUT2D eigenvalue weighted by Gasteiger charge is -2.40. The lowest BCUT2D eigenvalue weighted by Crippen LogP contribution is -2.47. The average molecular weight is 287 g/mol. The topological polar surface area (TPSA) is 12.0 Å². The molecule has 1 aromatic rings. The van der Waals surface area contributed by atoms with E-state index in [0.717, 1.165) is 6.54 Å². The summed E-state index contributed by atoms with van der Waals surface area (Å²) in [7, 11) is 0. The first-order chi connectivity index (χ1) is 9.98. The monoisotopic (exact) mass is 287 g/mol. The predicted molar refractivity (Wildman–Crippen MR) is 92.7 cm³/mol. The van der Waals surface area contributed by atoms with Gasteiger partial charge in [-0.05, 0) is 43.2 Å². The van der Waals surface area contributed by atoms with E-state index in [1.54, 1.807) is 5.56 Å². The average Bonchev–Trinajstić information content (AvgIpc) is 2.94. The van der Waals surface area contributed by atoms with E-state index >= 15 is 0 Å². The SMILES string of the molecule is CCNC(CCC(C)(C)C)C1(c2ccccc2)CCCC1. The van der Waals surface area contributed by atoms with Gasteiger partial charge in [-0.1, -0.05) is 70.9 Å². The second-order valence-electron chi connectivity index (χ2n) is 7.94. The van der Waals surface area contributed by atoms with Gasteiger partial charge in [-0.15, -0.1) is 0 Å². The van der Waals surface area contributed by atoms with E-state index in [2.05, 4.69) is 63.3 Å². The van der Waals surface area contributed by atoms with E-state index in [1.165, 1.54) is 38.5 Å². The summed E-state index contributed by atoms with van der Waals surface area (Å²) in [5, 5.41) is 3.84. The molecule has 118 valence electrons. The van der Waals surface area contributed by atoms with E-state index in [-0.39, 0.29) is 0 Å². The Kier molecular flexibility index (Phi) is 5.48. The zero-order valence-electron chi connectivity index (χ0n) is 14.4. The largest absolute Gasteiger partial charge is 0.313 e. The zero-order valence-corrected chi connectivity index (χ0v) is 14.4. The minimum atomic E-state index is 0.364. The highest BCUT2D eigenvalue weighted by Gasteiger charge is 2.42. The smallest absolute Gasteiger partial charge is 0.0164 e. The molecule has 0 heterocycles. The molecule has 1 aliphatic rings. The fourth-order valence-corrected chi connectivity index (χ4v) is 4.01. The Labute approximate surface area is 131 Å². The van der Waals surface area contributed by atoms with E-state index in [0.29, 0.717) is 16.9 Å². The number of likely N-dealkylation sites (N-methyl/N-ethyl adjacent to an activating group) is 1. The van der Waals surface area contributed by atoms with Gasteiger partial charge < -0.3 is 5.32 Å². The summed E-state index contributed by atoms with van der Waals surface area (Å²) >= 11 is 0. The second-order valence-corrected chi connectivity index (χ2v) is 7.94. The third-order valence-electron chi connectivity index (χ3n) is 5.15. The Bertz CT molecular complexity index is 409. The van der Waals surface area contributed by atoms with Crippen LogP contribution in [0.4, 0.5) is 0 Å². The third kappa shape index (κ3) is 4.10. The summed E-state index contributed by atoms with van der Waals surface area (Å²) in [4.78, 5) is 0. The summed E-state index contributed by atoms with van der Waals surface area (Å²) in [6.07, 6.45) is 8.03. The van der Waals surface area contributed by atoms with Crippen LogP contribution in [0.2, 0.25) is 0 Å². The predicted octanol–water partition coefficient (Wildman–Crippen LogP) is 5.30. The van der Waals surface area contributed by atoms with Crippen molar-refractivity contribution in [1.29, 1.82) is 0 Å². The highest BCUT2D eigenvalue weighted by molar-refractivity contribution is 5.29. The molecule has 0 bridgehead atoms. The first-order valence-electron chi connectivity index (χ1n) is 8.77. The summed E-state index contributed by atoms with van der Waals surface area (Å²) in [5.41, 5.74) is 2.34. The molecule has 0 spiro atoms. The summed E-state index contributed by atoms with van der Waals surface area (Å²) in [5.74, 6) is 0. The van der Waals surface area contributed by atoms with E-state index in [4.69, 9.17) is 0 Å². The second kappa shape index (κ2) is 6.96. The van der Waals surface area contributed by atoms with Crippen LogP contribution in [0.1, 0.15) is 71.8 Å². The Hall–Kier alpha value is -0.820. The quantitative estimate of drug-likeness (QED) is 0.748. The molecule has 0 radical (unpaired) electrons. The standard InChI is InChI=1S/C20H33N/c1-5-21-18(13-16-19(2,3)4)20(14-9-10-15-20)17-11-7-6-8-12-17/h6-8,11-12,18,21H,5,9-10,13-16H2,1-4H3. The van der Waals surface area contributed by atoms with Gasteiger partial charge in [-0.2, -0.15) is 0 Å². The highest BCUT2D eigenvalue weighted by Crippen LogP contribution is 2.45. The van der Waals surface area contributed by atoms with Crippen molar-refractivity contribution >= 4 is 0 Å². The molecular weight excluding hydrogens is 254 g/mol. The van der Waals surface area contributed by atoms with Crippen molar-refractivity contribution < 1.29 is 0 Å².